The standard InChI is InChI=1S/C6H5BrO3S/c7-3-1-4(6(9)10)11-5(3)2-8/h1,8H,2H2,(H,9,10). The van der Waals surface area contributed by atoms with Crippen LogP contribution in [0.2, 0.25) is 0 Å². The Morgan fingerprint density at radius 1 is 1.73 bits per heavy atom. The highest BCUT2D eigenvalue weighted by Crippen LogP contribution is 2.27. The van der Waals surface area contributed by atoms with Crippen LogP contribution < -0.4 is 0 Å². The van der Waals surface area contributed by atoms with Crippen molar-refractivity contribution in [2.45, 2.75) is 6.61 Å². The second-order valence-corrected chi connectivity index (χ2v) is 3.84. The predicted octanol–water partition coefficient (Wildman–Crippen LogP) is 1.70. The van der Waals surface area contributed by atoms with Crippen LogP contribution in [-0.2, 0) is 6.61 Å². The van der Waals surface area contributed by atoms with Gasteiger partial charge in [0.15, 0.2) is 0 Å². The van der Waals surface area contributed by atoms with Gasteiger partial charge in [-0.3, -0.25) is 0 Å². The van der Waals surface area contributed by atoms with Gasteiger partial charge in [-0.1, -0.05) is 0 Å². The monoisotopic (exact) mass is 236 g/mol. The Morgan fingerprint density at radius 2 is 2.36 bits per heavy atom. The molecule has 0 bridgehead atoms. The number of aliphatic hydroxyl groups is 1. The van der Waals surface area contributed by atoms with Crippen molar-refractivity contribution in [2.75, 3.05) is 0 Å². The molecule has 2 N–H and O–H groups in total. The van der Waals surface area contributed by atoms with Crippen LogP contribution in [-0.4, -0.2) is 16.2 Å². The summed E-state index contributed by atoms with van der Waals surface area (Å²) in [7, 11) is 0. The minimum atomic E-state index is -0.963. The third-order valence-corrected chi connectivity index (χ3v) is 3.19. The molecule has 11 heavy (non-hydrogen) atoms. The highest BCUT2D eigenvalue weighted by Gasteiger charge is 2.10. The van der Waals surface area contributed by atoms with E-state index < -0.39 is 5.97 Å². The van der Waals surface area contributed by atoms with Crippen molar-refractivity contribution >= 4 is 33.2 Å². The molecule has 1 aromatic heterocycles. The van der Waals surface area contributed by atoms with E-state index in [1.165, 1.54) is 6.07 Å². The summed E-state index contributed by atoms with van der Waals surface area (Å²) in [4.78, 5) is 11.3. The zero-order valence-electron chi connectivity index (χ0n) is 5.37. The second-order valence-electron chi connectivity index (χ2n) is 1.85. The van der Waals surface area contributed by atoms with E-state index in [1.54, 1.807) is 0 Å². The lowest BCUT2D eigenvalue weighted by atomic mass is 10.4. The van der Waals surface area contributed by atoms with E-state index in [9.17, 15) is 4.79 Å². The van der Waals surface area contributed by atoms with E-state index in [1.807, 2.05) is 0 Å². The van der Waals surface area contributed by atoms with Crippen LogP contribution in [0.15, 0.2) is 10.5 Å². The molecule has 0 radical (unpaired) electrons. The third-order valence-electron chi connectivity index (χ3n) is 1.11. The first-order valence-corrected chi connectivity index (χ1v) is 4.38. The molecule has 0 spiro atoms. The number of hydrogen-bond acceptors (Lipinski definition) is 3. The maximum atomic E-state index is 10.4. The number of aromatic carboxylic acids is 1. The lowest BCUT2D eigenvalue weighted by Gasteiger charge is -1.85. The van der Waals surface area contributed by atoms with E-state index in [-0.39, 0.29) is 11.5 Å². The van der Waals surface area contributed by atoms with Gasteiger partial charge in [-0.05, 0) is 22.0 Å². The normalized spacial score (nSPS) is 10.0. The molecule has 1 aromatic rings. The van der Waals surface area contributed by atoms with Gasteiger partial charge in [-0.25, -0.2) is 4.79 Å². The minimum absolute atomic E-state index is 0.126. The predicted molar refractivity (Wildman–Crippen MR) is 44.9 cm³/mol. The number of hydrogen-bond donors (Lipinski definition) is 2. The van der Waals surface area contributed by atoms with Gasteiger partial charge in [0.25, 0.3) is 0 Å². The molecule has 0 aliphatic heterocycles. The molecule has 0 aliphatic rings. The van der Waals surface area contributed by atoms with Gasteiger partial charge >= 0.3 is 5.97 Å². The van der Waals surface area contributed by atoms with E-state index >= 15 is 0 Å². The van der Waals surface area contributed by atoms with Crippen LogP contribution in [0.5, 0.6) is 0 Å². The van der Waals surface area contributed by atoms with E-state index in [0.29, 0.717) is 9.35 Å². The summed E-state index contributed by atoms with van der Waals surface area (Å²) in [5, 5.41) is 17.2. The van der Waals surface area contributed by atoms with Crippen LogP contribution in [0.25, 0.3) is 0 Å². The van der Waals surface area contributed by atoms with Crippen molar-refractivity contribution in [2.24, 2.45) is 0 Å². The fourth-order valence-electron chi connectivity index (χ4n) is 0.620. The fourth-order valence-corrected chi connectivity index (χ4v) is 2.12. The van der Waals surface area contributed by atoms with Crippen molar-refractivity contribution in [1.82, 2.24) is 0 Å². The topological polar surface area (TPSA) is 57.5 Å². The quantitative estimate of drug-likeness (QED) is 0.822. The van der Waals surface area contributed by atoms with Gasteiger partial charge in [0.05, 0.1) is 6.61 Å². The molecule has 0 aromatic carbocycles. The first-order chi connectivity index (χ1) is 5.15. The van der Waals surface area contributed by atoms with Gasteiger partial charge < -0.3 is 10.2 Å². The lowest BCUT2D eigenvalue weighted by Crippen LogP contribution is -1.89. The Labute approximate surface area is 75.4 Å². The fraction of sp³-hybridized carbons (Fsp3) is 0.167. The second kappa shape index (κ2) is 3.34. The SMILES string of the molecule is O=C(O)c1cc(Br)c(CO)s1. The Bertz CT molecular complexity index is 281. The highest BCUT2D eigenvalue weighted by atomic mass is 79.9. The summed E-state index contributed by atoms with van der Waals surface area (Å²) in [6.45, 7) is -0.126. The Balaban J connectivity index is 3.05. The van der Waals surface area contributed by atoms with Gasteiger partial charge in [-0.2, -0.15) is 0 Å². The summed E-state index contributed by atoms with van der Waals surface area (Å²) >= 11 is 4.20. The molecular weight excluding hydrogens is 232 g/mol. The number of aliphatic hydroxyl groups excluding tert-OH is 1. The van der Waals surface area contributed by atoms with Crippen LogP contribution in [0.4, 0.5) is 0 Å². The third kappa shape index (κ3) is 1.79. The lowest BCUT2D eigenvalue weighted by molar-refractivity contribution is 0.0702. The Hall–Kier alpha value is -0.390. The maximum Gasteiger partial charge on any atom is 0.345 e. The number of rotatable bonds is 2. The van der Waals surface area contributed by atoms with Crippen LogP contribution >= 0.6 is 27.3 Å². The molecule has 0 amide bonds. The zero-order chi connectivity index (χ0) is 8.43. The number of carboxylic acids is 1. The van der Waals surface area contributed by atoms with Crippen molar-refractivity contribution in [3.63, 3.8) is 0 Å². The van der Waals surface area contributed by atoms with Crippen LogP contribution in [0.1, 0.15) is 14.5 Å². The number of carboxylic acid groups (broad SMARTS) is 1. The first kappa shape index (κ1) is 8.70. The van der Waals surface area contributed by atoms with Crippen molar-refractivity contribution in [3.8, 4) is 0 Å². The summed E-state index contributed by atoms with van der Waals surface area (Å²) in [6, 6.07) is 1.48. The molecule has 3 nitrogen and oxygen atoms in total. The van der Waals surface area contributed by atoms with Gasteiger partial charge in [-0.15, -0.1) is 11.3 Å². The molecule has 0 aliphatic carbocycles. The van der Waals surface area contributed by atoms with Crippen LogP contribution in [0, 0.1) is 0 Å². The van der Waals surface area contributed by atoms with E-state index in [2.05, 4.69) is 15.9 Å². The molecule has 1 rings (SSSR count). The average Bonchev–Trinajstić information content (AvgIpc) is 2.31. The Kier molecular flexibility index (Phi) is 2.64. The zero-order valence-corrected chi connectivity index (χ0v) is 7.78. The molecule has 0 saturated heterocycles. The minimum Gasteiger partial charge on any atom is -0.477 e. The largest absolute Gasteiger partial charge is 0.477 e. The molecule has 1 heterocycles. The van der Waals surface area contributed by atoms with Gasteiger partial charge in [0.2, 0.25) is 0 Å². The summed E-state index contributed by atoms with van der Waals surface area (Å²) in [5.41, 5.74) is 0. The van der Waals surface area contributed by atoms with Gasteiger partial charge in [0, 0.05) is 9.35 Å². The smallest absolute Gasteiger partial charge is 0.345 e. The summed E-state index contributed by atoms with van der Waals surface area (Å²) in [5.74, 6) is -0.963. The molecular formula is C6H5BrO3S. The molecule has 0 fully saturated rings. The molecule has 0 saturated carbocycles. The van der Waals surface area contributed by atoms with Crippen molar-refractivity contribution < 1.29 is 15.0 Å². The number of halogens is 1. The summed E-state index contributed by atoms with van der Waals surface area (Å²) in [6.07, 6.45) is 0. The average molecular weight is 237 g/mol. The van der Waals surface area contributed by atoms with Crippen LogP contribution in [0.3, 0.4) is 0 Å². The molecule has 60 valence electrons. The van der Waals surface area contributed by atoms with E-state index in [4.69, 9.17) is 10.2 Å². The Morgan fingerprint density at radius 3 is 2.64 bits per heavy atom. The first-order valence-electron chi connectivity index (χ1n) is 2.77. The maximum absolute atomic E-state index is 10.4. The highest BCUT2D eigenvalue weighted by molar-refractivity contribution is 9.10. The van der Waals surface area contributed by atoms with E-state index in [0.717, 1.165) is 11.3 Å². The van der Waals surface area contributed by atoms with Crippen molar-refractivity contribution in [3.05, 3.63) is 20.3 Å². The molecule has 5 heteroatoms. The molecule has 0 atom stereocenters. The van der Waals surface area contributed by atoms with Crippen molar-refractivity contribution in [1.29, 1.82) is 0 Å². The molecule has 0 unspecified atom stereocenters. The summed E-state index contributed by atoms with van der Waals surface area (Å²) < 4.78 is 0.655. The number of thiophene rings is 1. The number of carbonyl (C=O) groups is 1. The van der Waals surface area contributed by atoms with Gasteiger partial charge in [0.1, 0.15) is 4.88 Å².